The van der Waals surface area contributed by atoms with Gasteiger partial charge in [-0.3, -0.25) is 19.3 Å². The van der Waals surface area contributed by atoms with E-state index in [2.05, 4.69) is 20.4 Å². The van der Waals surface area contributed by atoms with Gasteiger partial charge in [-0.1, -0.05) is 16.8 Å². The number of oxime groups is 1. The molecule has 5 N–H and O–H groups in total. The second-order valence-corrected chi connectivity index (χ2v) is 10.6. The van der Waals surface area contributed by atoms with Crippen LogP contribution >= 0.6 is 34.7 Å². The van der Waals surface area contributed by atoms with Crippen LogP contribution in [0.15, 0.2) is 51.8 Å². The van der Waals surface area contributed by atoms with Crippen molar-refractivity contribution < 1.29 is 29.5 Å². The Morgan fingerprint density at radius 3 is 2.79 bits per heavy atom. The van der Waals surface area contributed by atoms with E-state index in [9.17, 15) is 29.5 Å². The van der Waals surface area contributed by atoms with Gasteiger partial charge < -0.3 is 26.3 Å². The lowest BCUT2D eigenvalue weighted by Gasteiger charge is -2.49. The summed E-state index contributed by atoms with van der Waals surface area (Å²) >= 11 is 8.40. The minimum absolute atomic E-state index is 0.0373. The lowest BCUT2D eigenvalue weighted by atomic mass is 10.0. The number of nitrogens with two attached hydrogens (primary N) is 1. The number of anilines is 2. The first-order valence-electron chi connectivity index (χ1n) is 11.0. The van der Waals surface area contributed by atoms with E-state index in [0.29, 0.717) is 29.8 Å². The summed E-state index contributed by atoms with van der Waals surface area (Å²) < 4.78 is 0. The Morgan fingerprint density at radius 2 is 2.13 bits per heavy atom. The Hall–Kier alpha value is -3.95. The fourth-order valence-electron chi connectivity index (χ4n) is 4.34. The fraction of sp³-hybridized carbons (Fsp3) is 0.227. The summed E-state index contributed by atoms with van der Waals surface area (Å²) in [7, 11) is 0. The lowest BCUT2D eigenvalue weighted by Crippen LogP contribution is -2.71. The van der Waals surface area contributed by atoms with E-state index in [4.69, 9.17) is 17.3 Å². The van der Waals surface area contributed by atoms with Crippen molar-refractivity contribution in [3.05, 3.63) is 57.5 Å². The molecule has 3 aliphatic rings. The number of pyridine rings is 1. The molecule has 13 nitrogen and oxygen atoms in total. The summed E-state index contributed by atoms with van der Waals surface area (Å²) in [4.78, 5) is 61.3. The molecule has 0 saturated carbocycles. The Labute approximate surface area is 227 Å². The highest BCUT2D eigenvalue weighted by Gasteiger charge is 2.54. The molecule has 2 atom stereocenters. The van der Waals surface area contributed by atoms with Crippen molar-refractivity contribution in [3.63, 3.8) is 0 Å². The summed E-state index contributed by atoms with van der Waals surface area (Å²) in [5, 5.41) is 25.7. The van der Waals surface area contributed by atoms with Crippen LogP contribution in [0, 0.1) is 0 Å². The zero-order chi connectivity index (χ0) is 27.1. The average Bonchev–Trinajstić information content (AvgIpc) is 3.48. The highest BCUT2D eigenvalue weighted by molar-refractivity contribution is 8.00. The monoisotopic (exact) mass is 575 g/mol. The molecule has 0 aromatic carbocycles. The fourth-order valence-corrected chi connectivity index (χ4v) is 6.41. The molecule has 0 unspecified atom stereocenters. The number of carbonyl (C=O) groups excluding carboxylic acids is 3. The number of thiazole rings is 1. The van der Waals surface area contributed by atoms with Gasteiger partial charge >= 0.3 is 5.97 Å². The Morgan fingerprint density at radius 1 is 1.34 bits per heavy atom. The van der Waals surface area contributed by atoms with E-state index < -0.39 is 34.9 Å². The van der Waals surface area contributed by atoms with E-state index in [0.717, 1.165) is 16.2 Å². The number of carboxylic acid groups (broad SMARTS) is 1. The van der Waals surface area contributed by atoms with Crippen LogP contribution in [0.5, 0.6) is 0 Å². The maximum absolute atomic E-state index is 13.0. The number of fused-ring (bicyclic) bond motifs is 1. The van der Waals surface area contributed by atoms with Crippen molar-refractivity contribution >= 4 is 74.9 Å². The first-order chi connectivity index (χ1) is 18.2. The molecule has 5 rings (SSSR count). The van der Waals surface area contributed by atoms with Crippen LogP contribution in [0.25, 0.3) is 0 Å². The van der Waals surface area contributed by atoms with Gasteiger partial charge in [0.15, 0.2) is 16.0 Å². The van der Waals surface area contributed by atoms with Crippen LogP contribution in [-0.2, 0) is 19.2 Å². The number of aromatic nitrogens is 2. The Kier molecular flexibility index (Phi) is 6.81. The number of thioether (sulfide) groups is 1. The number of aliphatic carboxylic acids is 1. The van der Waals surface area contributed by atoms with Gasteiger partial charge in [-0.2, -0.15) is 0 Å². The minimum atomic E-state index is -1.34. The van der Waals surface area contributed by atoms with Crippen LogP contribution in [0.2, 0.25) is 5.15 Å². The zero-order valence-electron chi connectivity index (χ0n) is 19.2. The van der Waals surface area contributed by atoms with Gasteiger partial charge in [0.2, 0.25) is 0 Å². The number of β-lactam (4-membered cyclic amide) rings is 1. The van der Waals surface area contributed by atoms with Gasteiger partial charge in [0.05, 0.1) is 5.69 Å². The summed E-state index contributed by atoms with van der Waals surface area (Å²) in [6, 6.07) is 2.27. The number of carbonyl (C=O) groups is 4. The molecule has 0 bridgehead atoms. The van der Waals surface area contributed by atoms with Crippen LogP contribution in [0.3, 0.4) is 0 Å². The molecule has 196 valence electrons. The van der Waals surface area contributed by atoms with E-state index >= 15 is 0 Å². The standard InChI is InChI=1S/C22H18ClN7O6S2/c23-16-12(2-1-4-25-16)29-5-3-9(18(29)32)6-10-7-37-20-14(19(33)30(20)15(10)21(34)35)27-17(31)13(28-36)11-8-38-22(24)26-11/h1-2,4,6,8,14,20,36H,3,5,7H2,(H2,24,26)(H,27,31)(H,34,35)/t14-,20-/m1/s1. The molecule has 5 heterocycles. The first kappa shape index (κ1) is 25.7. The van der Waals surface area contributed by atoms with Crippen molar-refractivity contribution in [2.45, 2.75) is 17.8 Å². The van der Waals surface area contributed by atoms with Gasteiger partial charge in [0.25, 0.3) is 17.7 Å². The molecular weight excluding hydrogens is 558 g/mol. The largest absolute Gasteiger partial charge is 0.477 e. The molecular formula is C22H18ClN7O6S2. The highest BCUT2D eigenvalue weighted by atomic mass is 35.5. The molecule has 16 heteroatoms. The third-order valence-corrected chi connectivity index (χ3v) is 8.34. The highest BCUT2D eigenvalue weighted by Crippen LogP contribution is 2.41. The van der Waals surface area contributed by atoms with Crippen molar-refractivity contribution in [2.75, 3.05) is 22.9 Å². The molecule has 2 fully saturated rings. The second kappa shape index (κ2) is 10.1. The van der Waals surface area contributed by atoms with Crippen LogP contribution in [0.1, 0.15) is 12.1 Å². The molecule has 2 saturated heterocycles. The average molecular weight is 576 g/mol. The van der Waals surface area contributed by atoms with E-state index in [1.807, 2.05) is 0 Å². The third kappa shape index (κ3) is 4.37. The molecule has 2 aromatic heterocycles. The number of hydrogen-bond donors (Lipinski definition) is 4. The third-order valence-electron chi connectivity index (χ3n) is 6.07. The number of allylic oxidation sites excluding steroid dienone is 1. The maximum Gasteiger partial charge on any atom is 0.352 e. The van der Waals surface area contributed by atoms with Crippen LogP contribution in [0.4, 0.5) is 10.8 Å². The number of nitrogens with one attached hydrogen (secondary N) is 1. The van der Waals surface area contributed by atoms with Crippen LogP contribution in [-0.4, -0.2) is 78.3 Å². The maximum atomic E-state index is 13.0. The summed E-state index contributed by atoms with van der Waals surface area (Å²) in [6.45, 7) is 0.345. The van der Waals surface area contributed by atoms with E-state index in [1.165, 1.54) is 34.3 Å². The topological polar surface area (TPSA) is 191 Å². The predicted octanol–water partition coefficient (Wildman–Crippen LogP) is 1.05. The van der Waals surface area contributed by atoms with E-state index in [1.54, 1.807) is 12.1 Å². The SMILES string of the molecule is Nc1nc(C(=NO)C(=O)N[C@@H]2C(=O)N3C(C(=O)O)=C(C=C4CCN(c5cccnc5Cl)C4=O)CS[C@H]23)cs1. The normalized spacial score (nSPS) is 22.6. The number of amides is 3. The summed E-state index contributed by atoms with van der Waals surface area (Å²) in [6.07, 6.45) is 3.36. The number of nitrogens with zero attached hydrogens (tertiary/aromatic N) is 5. The van der Waals surface area contributed by atoms with Gasteiger partial charge in [0.1, 0.15) is 22.8 Å². The molecule has 0 radical (unpaired) electrons. The summed E-state index contributed by atoms with van der Waals surface area (Å²) in [5.41, 5.74) is 6.05. The second-order valence-electron chi connectivity index (χ2n) is 8.25. The van der Waals surface area contributed by atoms with Gasteiger partial charge in [-0.05, 0) is 30.2 Å². The van der Waals surface area contributed by atoms with Crippen molar-refractivity contribution in [1.29, 1.82) is 0 Å². The van der Waals surface area contributed by atoms with Gasteiger partial charge in [0, 0.05) is 29.4 Å². The number of carboxylic acids is 1. The Balaban J connectivity index is 1.36. The lowest BCUT2D eigenvalue weighted by molar-refractivity contribution is -0.150. The number of nitrogen functional groups attached to an aromatic ring is 1. The molecule has 0 aliphatic carbocycles. The first-order valence-corrected chi connectivity index (χ1v) is 13.3. The quantitative estimate of drug-likeness (QED) is 0.0966. The smallest absolute Gasteiger partial charge is 0.352 e. The number of rotatable bonds is 6. The van der Waals surface area contributed by atoms with Gasteiger partial charge in [-0.25, -0.2) is 14.8 Å². The molecule has 38 heavy (non-hydrogen) atoms. The van der Waals surface area contributed by atoms with Crippen molar-refractivity contribution in [1.82, 2.24) is 20.2 Å². The minimum Gasteiger partial charge on any atom is -0.477 e. The molecule has 3 aliphatic heterocycles. The number of hydrogen-bond acceptors (Lipinski definition) is 11. The van der Waals surface area contributed by atoms with Crippen molar-refractivity contribution in [2.24, 2.45) is 5.16 Å². The van der Waals surface area contributed by atoms with E-state index in [-0.39, 0.29) is 33.3 Å². The molecule has 3 amide bonds. The predicted molar refractivity (Wildman–Crippen MR) is 139 cm³/mol. The summed E-state index contributed by atoms with van der Waals surface area (Å²) in [5.74, 6) is -3.01. The Bertz CT molecular complexity index is 1470. The van der Waals surface area contributed by atoms with Gasteiger partial charge in [-0.15, -0.1) is 23.1 Å². The zero-order valence-corrected chi connectivity index (χ0v) is 21.6. The number of halogens is 1. The molecule has 0 spiro atoms. The van der Waals surface area contributed by atoms with Crippen LogP contribution < -0.4 is 16.0 Å². The van der Waals surface area contributed by atoms with Crippen molar-refractivity contribution in [3.8, 4) is 0 Å². The molecule has 2 aromatic rings.